The number of esters is 3. The third-order valence-electron chi connectivity index (χ3n) is 17.5. The fourth-order valence-corrected chi connectivity index (χ4v) is 16.3. The van der Waals surface area contributed by atoms with Crippen molar-refractivity contribution in [2.75, 3.05) is 149 Å². The van der Waals surface area contributed by atoms with Crippen molar-refractivity contribution >= 4 is 82.3 Å². The third kappa shape index (κ3) is 36.1. The molecule has 97 heavy (non-hydrogen) atoms. The maximum Gasteiger partial charge on any atom is 0.326 e. The smallest absolute Gasteiger partial charge is 0.326 e. The van der Waals surface area contributed by atoms with Gasteiger partial charge in [0, 0.05) is 112 Å². The quantitative estimate of drug-likeness (QED) is 0.0620. The summed E-state index contributed by atoms with van der Waals surface area (Å²) in [5, 5.41) is 17.8. The Morgan fingerprint density at radius 3 is 1.22 bits per heavy atom. The number of carbonyl (C=O) groups excluding carboxylic acids is 4. The molecule has 7 aliphatic rings. The van der Waals surface area contributed by atoms with Crippen LogP contribution < -0.4 is 0 Å². The van der Waals surface area contributed by atoms with Gasteiger partial charge in [-0.1, -0.05) is 29.5 Å². The molecule has 0 radical (unpaired) electrons. The average Bonchev–Trinajstić information content (AvgIpc) is 1.16. The number of rotatable bonds is 22. The van der Waals surface area contributed by atoms with Gasteiger partial charge in [-0.25, -0.2) is 16.8 Å². The molecule has 7 aliphatic heterocycles. The first-order valence-electron chi connectivity index (χ1n) is 34.3. The molecule has 0 aliphatic carbocycles. The molecule has 0 spiro atoms. The summed E-state index contributed by atoms with van der Waals surface area (Å²) in [5.41, 5.74) is 1.03. The number of sulfone groups is 2. The fourth-order valence-electron chi connectivity index (χ4n) is 10.1. The Balaban J connectivity index is 0.000000391. The molecule has 2 N–H and O–H groups in total. The molecule has 0 atom stereocenters. The van der Waals surface area contributed by atoms with Crippen LogP contribution in [0, 0.1) is 48.3 Å². The van der Waals surface area contributed by atoms with Gasteiger partial charge in [0.05, 0.1) is 49.2 Å². The number of carboxylic acid groups (broad SMARTS) is 1. The molecule has 1 aromatic carbocycles. The summed E-state index contributed by atoms with van der Waals surface area (Å²) in [6, 6.07) is 6.69. The van der Waals surface area contributed by atoms with Crippen molar-refractivity contribution in [2.45, 2.75) is 178 Å². The van der Waals surface area contributed by atoms with Crippen molar-refractivity contribution in [1.82, 2.24) is 0 Å². The monoisotopic (exact) mass is 1480 g/mol. The molecule has 24 nitrogen and oxygen atoms in total. The van der Waals surface area contributed by atoms with Crippen LogP contribution in [0.2, 0.25) is 0 Å². The number of hydrogen-bond acceptors (Lipinski definition) is 25. The van der Waals surface area contributed by atoms with Crippen LogP contribution in [0.15, 0.2) is 29.2 Å². The second-order valence-corrected chi connectivity index (χ2v) is 36.1. The van der Waals surface area contributed by atoms with E-state index in [9.17, 15) is 49.2 Å². The van der Waals surface area contributed by atoms with Crippen molar-refractivity contribution in [3.8, 4) is 0 Å². The Kier molecular flexibility index (Phi) is 44.6. The van der Waals surface area contributed by atoms with Crippen molar-refractivity contribution in [3.05, 3.63) is 29.8 Å². The molecule has 0 saturated carbocycles. The highest BCUT2D eigenvalue weighted by Gasteiger charge is 2.45. The lowest BCUT2D eigenvalue weighted by atomic mass is 10.0. The summed E-state index contributed by atoms with van der Waals surface area (Å²) >= 11 is 3.15. The summed E-state index contributed by atoms with van der Waals surface area (Å²) < 4.78 is 125. The van der Waals surface area contributed by atoms with Gasteiger partial charge in [-0.3, -0.25) is 28.2 Å². The molecule has 1 aromatic rings. The number of aliphatic hydroxyl groups is 1. The van der Waals surface area contributed by atoms with Gasteiger partial charge in [0.2, 0.25) is 0 Å². The van der Waals surface area contributed by atoms with Crippen molar-refractivity contribution in [3.63, 3.8) is 0 Å². The predicted octanol–water partition coefficient (Wildman–Crippen LogP) is 9.16. The highest BCUT2D eigenvalue weighted by molar-refractivity contribution is 8.13. The van der Waals surface area contributed by atoms with E-state index in [1.54, 1.807) is 49.9 Å². The van der Waals surface area contributed by atoms with Gasteiger partial charge >= 0.3 is 23.9 Å². The Morgan fingerprint density at radius 1 is 0.505 bits per heavy atom. The minimum absolute atomic E-state index is 0.0253. The molecule has 0 amide bonds. The molecule has 564 valence electrons. The van der Waals surface area contributed by atoms with E-state index >= 15 is 0 Å². The first-order chi connectivity index (χ1) is 45.8. The maximum absolute atomic E-state index is 12.3. The van der Waals surface area contributed by atoms with E-state index < -0.39 is 56.0 Å². The molecule has 7 saturated heterocycles. The molecule has 7 heterocycles. The number of carboxylic acids is 1. The summed E-state index contributed by atoms with van der Waals surface area (Å²) in [4.78, 5) is 56.0. The molecular formula is C68H118O24S5. The fraction of sp³-hybridized carbons (Fsp3) is 0.838. The van der Waals surface area contributed by atoms with Crippen LogP contribution in [0.1, 0.15) is 158 Å². The number of hydrogen-bond donors (Lipinski definition) is 2. The normalized spacial score (nSPS) is 19.4. The number of carbonyl (C=O) groups is 5. The minimum Gasteiger partial charge on any atom is -0.480 e. The topological polar surface area (TPSA) is 330 Å². The third-order valence-corrected chi connectivity index (χ3v) is 26.7. The number of benzene rings is 1. The summed E-state index contributed by atoms with van der Waals surface area (Å²) in [7, 11) is -9.31. The summed E-state index contributed by atoms with van der Waals surface area (Å²) in [5.74, 6) is 2.19. The van der Waals surface area contributed by atoms with Crippen LogP contribution in [0.3, 0.4) is 0 Å². The SMILES string of the molecule is CC(=O)SCC1CCOCC1.CC(C)(C(=O)O)S(=O)(=O)CC1CCOCC1.CCOC(=O)C(C)(C)S(=O)(=O)CC1CCOCC1.CCOC(=O)C(C)(C)SCC1CCOCC1.COC(=O)C1CCOCC1.Cc1ccc(S(=O)(=O)OCC2CCOCC2)cc1.OCC1CCOCC1. The van der Waals surface area contributed by atoms with E-state index in [1.165, 1.54) is 46.6 Å². The number of ether oxygens (including phenoxy) is 10. The van der Waals surface area contributed by atoms with Gasteiger partial charge < -0.3 is 57.6 Å². The summed E-state index contributed by atoms with van der Waals surface area (Å²) in [6.45, 7) is 27.7. The lowest BCUT2D eigenvalue weighted by molar-refractivity contribution is -0.148. The number of aliphatic hydroxyl groups excluding tert-OH is 1. The highest BCUT2D eigenvalue weighted by atomic mass is 32.2. The lowest BCUT2D eigenvalue weighted by Gasteiger charge is -2.27. The Morgan fingerprint density at radius 2 is 0.856 bits per heavy atom. The van der Waals surface area contributed by atoms with Crippen LogP contribution in [-0.2, 0) is 105 Å². The van der Waals surface area contributed by atoms with Gasteiger partial charge in [0.25, 0.3) is 10.1 Å². The van der Waals surface area contributed by atoms with E-state index in [2.05, 4.69) is 4.74 Å². The van der Waals surface area contributed by atoms with E-state index in [0.717, 1.165) is 134 Å². The number of thioether (sulfide) groups is 2. The van der Waals surface area contributed by atoms with Gasteiger partial charge in [-0.05, 0) is 206 Å². The first kappa shape index (κ1) is 90.0. The second-order valence-electron chi connectivity index (χ2n) is 26.4. The van der Waals surface area contributed by atoms with E-state index in [-0.39, 0.29) is 70.3 Å². The molecular weight excluding hydrogens is 1360 g/mol. The van der Waals surface area contributed by atoms with Gasteiger partial charge in [0.15, 0.2) is 34.3 Å². The van der Waals surface area contributed by atoms with Gasteiger partial charge in [-0.2, -0.15) is 8.42 Å². The number of aliphatic carboxylic acids is 1. The van der Waals surface area contributed by atoms with Crippen molar-refractivity contribution in [1.29, 1.82) is 0 Å². The maximum atomic E-state index is 12.3. The van der Waals surface area contributed by atoms with Crippen LogP contribution in [0.4, 0.5) is 0 Å². The first-order valence-corrected chi connectivity index (χ1v) is 41.0. The van der Waals surface area contributed by atoms with Crippen molar-refractivity contribution in [2.24, 2.45) is 41.4 Å². The Labute approximate surface area is 588 Å². The Hall–Kier alpha value is -3.04. The van der Waals surface area contributed by atoms with Crippen LogP contribution in [0.5, 0.6) is 0 Å². The van der Waals surface area contributed by atoms with Crippen molar-refractivity contribution < 1.29 is 111 Å². The van der Waals surface area contributed by atoms with Gasteiger partial charge in [0.1, 0.15) is 4.75 Å². The van der Waals surface area contributed by atoms with Gasteiger partial charge in [-0.15, -0.1) is 11.8 Å². The van der Waals surface area contributed by atoms with Crippen LogP contribution >= 0.6 is 23.5 Å². The highest BCUT2D eigenvalue weighted by Crippen LogP contribution is 2.32. The molecule has 8 rings (SSSR count). The standard InChI is InChI=1S/C13H18O4S.C12H22O5S.C12H22O3S.C10H18O5S.C8H14O2S.C7H12O3.C6H12O2/c1-11-2-4-13(5-3-11)18(14,15)17-10-12-6-8-16-9-7-12;1-4-17-11(13)12(2,3)18(14,15)9-10-5-7-16-8-6-10;1-4-15-11(13)12(2,3)16-9-10-5-7-14-8-6-10;1-10(2,9(11)12)16(13,14)7-8-3-5-15-6-4-8;1-7(9)11-6-8-2-4-10-5-3-8;1-9-7(8)6-2-4-10-5-3-6;7-5-6-1-3-8-4-2-6/h2-5,12H,6-10H2,1H3;10H,4-9H2,1-3H3;10H,4-9H2,1-3H3;8H,3-7H2,1-2H3,(H,11,12);8H,2-6H2,1H3;6H,2-5H2,1H3;6-7H,1-5H2. The Bertz CT molecular complexity index is 2700. The zero-order chi connectivity index (χ0) is 72.6. The van der Waals surface area contributed by atoms with Crippen LogP contribution in [0.25, 0.3) is 0 Å². The predicted molar refractivity (Wildman–Crippen MR) is 375 cm³/mol. The zero-order valence-corrected chi connectivity index (χ0v) is 63.8. The molecule has 0 unspecified atom stereocenters. The molecule has 0 bridgehead atoms. The number of aryl methyl sites for hydroxylation is 1. The van der Waals surface area contributed by atoms with E-state index in [4.69, 9.17) is 57.0 Å². The van der Waals surface area contributed by atoms with E-state index in [0.29, 0.717) is 96.7 Å². The number of methoxy groups -OCH3 is 1. The van der Waals surface area contributed by atoms with Crippen LogP contribution in [-0.4, -0.2) is 228 Å². The molecule has 7 fully saturated rings. The second kappa shape index (κ2) is 48.0. The zero-order valence-electron chi connectivity index (χ0n) is 59.7. The molecule has 29 heteroatoms. The van der Waals surface area contributed by atoms with E-state index in [1.807, 2.05) is 27.7 Å². The minimum atomic E-state index is -3.62. The lowest BCUT2D eigenvalue weighted by Crippen LogP contribution is -2.45. The molecule has 0 aromatic heterocycles. The largest absolute Gasteiger partial charge is 0.480 e. The average molecular weight is 1480 g/mol. The summed E-state index contributed by atoms with van der Waals surface area (Å²) in [6.07, 6.45) is 12.8.